The summed E-state index contributed by atoms with van der Waals surface area (Å²) in [5.41, 5.74) is 8.72. The minimum Gasteiger partial charge on any atom is -0.496 e. The van der Waals surface area contributed by atoms with Crippen LogP contribution in [0, 0.1) is 0 Å². The molecule has 0 amide bonds. The Bertz CT molecular complexity index is 1280. The maximum Gasteiger partial charge on any atom is 0.130 e. The third kappa shape index (κ3) is 6.75. The topological polar surface area (TPSA) is 46.4 Å². The number of nitrogens with zero attached hydrogens (tertiary/aromatic N) is 3. The van der Waals surface area contributed by atoms with Gasteiger partial charge < -0.3 is 9.47 Å². The summed E-state index contributed by atoms with van der Waals surface area (Å²) >= 11 is 0. The fourth-order valence-corrected chi connectivity index (χ4v) is 5.12. The first-order chi connectivity index (χ1) is 19.0. The second kappa shape index (κ2) is 13.6. The van der Waals surface area contributed by atoms with Crippen molar-refractivity contribution in [2.24, 2.45) is 10.3 Å². The summed E-state index contributed by atoms with van der Waals surface area (Å²) in [6, 6.07) is 18.8. The average Bonchev–Trinajstić information content (AvgIpc) is 2.93. The standard InChI is InChI=1S/C35H47N3O2/c1-22(2)27-15-12-16-28(23(3)4)34(27)36-37-38(35-29(24(5)6)17-13-18-30(35)25(7)8)21-26(9)33-31(39-10)19-14-20-32(33)40-11/h12-25H,1-11H3/b26-21+,37-36+. The summed E-state index contributed by atoms with van der Waals surface area (Å²) in [6.07, 6.45) is 2.06. The molecule has 0 radical (unpaired) electrons. The van der Waals surface area contributed by atoms with Crippen molar-refractivity contribution in [2.75, 3.05) is 19.2 Å². The number of anilines is 1. The Balaban J connectivity index is 2.36. The molecule has 40 heavy (non-hydrogen) atoms. The van der Waals surface area contributed by atoms with Crippen molar-refractivity contribution in [3.63, 3.8) is 0 Å². The number of benzene rings is 3. The van der Waals surface area contributed by atoms with Crippen molar-refractivity contribution < 1.29 is 9.47 Å². The zero-order valence-electron chi connectivity index (χ0n) is 26.2. The van der Waals surface area contributed by atoms with Gasteiger partial charge in [-0.2, -0.15) is 0 Å². The molecule has 0 aliphatic carbocycles. The van der Waals surface area contributed by atoms with Gasteiger partial charge in [-0.05, 0) is 70.6 Å². The molecular formula is C35H47N3O2. The monoisotopic (exact) mass is 541 g/mol. The molecule has 0 spiro atoms. The predicted molar refractivity (Wildman–Crippen MR) is 169 cm³/mol. The second-order valence-corrected chi connectivity index (χ2v) is 11.6. The average molecular weight is 542 g/mol. The lowest BCUT2D eigenvalue weighted by Gasteiger charge is -2.26. The van der Waals surface area contributed by atoms with Crippen LogP contribution in [0.25, 0.3) is 5.57 Å². The van der Waals surface area contributed by atoms with Gasteiger partial charge in [-0.1, -0.05) is 103 Å². The van der Waals surface area contributed by atoms with E-state index in [2.05, 4.69) is 105 Å². The highest BCUT2D eigenvalue weighted by atomic mass is 16.5. The third-order valence-corrected chi connectivity index (χ3v) is 7.29. The highest BCUT2D eigenvalue weighted by molar-refractivity contribution is 5.77. The zero-order chi connectivity index (χ0) is 29.6. The Morgan fingerprint density at radius 2 is 1.05 bits per heavy atom. The van der Waals surface area contributed by atoms with Crippen molar-refractivity contribution in [3.05, 3.63) is 88.6 Å². The smallest absolute Gasteiger partial charge is 0.130 e. The van der Waals surface area contributed by atoms with Crippen LogP contribution in [-0.2, 0) is 0 Å². The Hall–Kier alpha value is -3.60. The summed E-state index contributed by atoms with van der Waals surface area (Å²) in [5, 5.41) is 12.0. The molecular weight excluding hydrogens is 494 g/mol. The van der Waals surface area contributed by atoms with Crippen LogP contribution in [0.2, 0.25) is 0 Å². The van der Waals surface area contributed by atoms with E-state index < -0.39 is 0 Å². The van der Waals surface area contributed by atoms with Gasteiger partial charge in [0, 0.05) is 6.20 Å². The van der Waals surface area contributed by atoms with Crippen LogP contribution < -0.4 is 14.5 Å². The Morgan fingerprint density at radius 3 is 1.45 bits per heavy atom. The summed E-state index contributed by atoms with van der Waals surface area (Å²) in [5.74, 6) is 2.75. The molecule has 0 N–H and O–H groups in total. The van der Waals surface area contributed by atoms with Gasteiger partial charge in [-0.15, -0.1) is 5.11 Å². The largest absolute Gasteiger partial charge is 0.496 e. The van der Waals surface area contributed by atoms with E-state index in [0.29, 0.717) is 23.7 Å². The molecule has 0 heterocycles. The molecule has 5 nitrogen and oxygen atoms in total. The van der Waals surface area contributed by atoms with Crippen LogP contribution in [0.4, 0.5) is 11.4 Å². The van der Waals surface area contributed by atoms with E-state index in [4.69, 9.17) is 19.8 Å². The summed E-state index contributed by atoms with van der Waals surface area (Å²) in [4.78, 5) is 0. The molecule has 0 aromatic heterocycles. The SMILES string of the molecule is COc1cccc(OC)c1/C(C)=C/N(/N=N/c1c(C(C)C)cccc1C(C)C)c1c(C(C)C)cccc1C(C)C. The van der Waals surface area contributed by atoms with E-state index >= 15 is 0 Å². The lowest BCUT2D eigenvalue weighted by Crippen LogP contribution is -2.14. The molecule has 0 bridgehead atoms. The normalized spacial score (nSPS) is 12.3. The Morgan fingerprint density at radius 1 is 0.650 bits per heavy atom. The van der Waals surface area contributed by atoms with Crippen molar-refractivity contribution in [3.8, 4) is 11.5 Å². The van der Waals surface area contributed by atoms with E-state index in [1.165, 1.54) is 22.3 Å². The van der Waals surface area contributed by atoms with Gasteiger partial charge >= 0.3 is 0 Å². The minimum absolute atomic E-state index is 0.301. The molecule has 0 saturated heterocycles. The van der Waals surface area contributed by atoms with Crippen LogP contribution in [0.15, 0.2) is 71.1 Å². The summed E-state index contributed by atoms with van der Waals surface area (Å²) in [7, 11) is 3.37. The molecule has 0 unspecified atom stereocenters. The molecule has 3 aromatic carbocycles. The molecule has 0 saturated carbocycles. The first-order valence-corrected chi connectivity index (χ1v) is 14.4. The molecule has 3 rings (SSSR count). The molecule has 5 heteroatoms. The molecule has 0 atom stereocenters. The first-order valence-electron chi connectivity index (χ1n) is 14.4. The second-order valence-electron chi connectivity index (χ2n) is 11.6. The van der Waals surface area contributed by atoms with Crippen LogP contribution >= 0.6 is 0 Å². The van der Waals surface area contributed by atoms with Crippen molar-refractivity contribution in [1.82, 2.24) is 0 Å². The number of ether oxygens (including phenoxy) is 2. The number of hydrogen-bond acceptors (Lipinski definition) is 4. The van der Waals surface area contributed by atoms with E-state index in [9.17, 15) is 0 Å². The number of rotatable bonds is 11. The fourth-order valence-electron chi connectivity index (χ4n) is 5.12. The number of hydrogen-bond donors (Lipinski definition) is 0. The molecule has 0 aliphatic heterocycles. The van der Waals surface area contributed by atoms with Crippen LogP contribution in [0.3, 0.4) is 0 Å². The Kier molecular flexibility index (Phi) is 10.6. The lowest BCUT2D eigenvalue weighted by molar-refractivity contribution is 0.392. The zero-order valence-corrected chi connectivity index (χ0v) is 26.2. The third-order valence-electron chi connectivity index (χ3n) is 7.29. The summed E-state index contributed by atoms with van der Waals surface area (Å²) < 4.78 is 11.5. The predicted octanol–water partition coefficient (Wildman–Crippen LogP) is 10.8. The minimum atomic E-state index is 0.301. The molecule has 214 valence electrons. The van der Waals surface area contributed by atoms with Crippen molar-refractivity contribution in [2.45, 2.75) is 86.0 Å². The van der Waals surface area contributed by atoms with Crippen LogP contribution in [-0.4, -0.2) is 14.2 Å². The van der Waals surface area contributed by atoms with Crippen LogP contribution in [0.5, 0.6) is 11.5 Å². The molecule has 0 fully saturated rings. The van der Waals surface area contributed by atoms with Gasteiger partial charge in [0.15, 0.2) is 0 Å². The highest BCUT2D eigenvalue weighted by Crippen LogP contribution is 2.41. The number of allylic oxidation sites excluding steroid dienone is 1. The first kappa shape index (κ1) is 30.9. The Labute approximate surface area is 241 Å². The van der Waals surface area contributed by atoms with Crippen molar-refractivity contribution in [1.29, 1.82) is 0 Å². The summed E-state index contributed by atoms with van der Waals surface area (Å²) in [6.45, 7) is 19.8. The van der Waals surface area contributed by atoms with Gasteiger partial charge in [0.2, 0.25) is 0 Å². The molecule has 3 aromatic rings. The lowest BCUT2D eigenvalue weighted by atomic mass is 9.92. The van der Waals surface area contributed by atoms with E-state index in [-0.39, 0.29) is 0 Å². The molecule has 0 aliphatic rings. The van der Waals surface area contributed by atoms with Gasteiger partial charge in [0.1, 0.15) is 11.5 Å². The fraction of sp³-hybridized carbons (Fsp3) is 0.429. The maximum atomic E-state index is 5.74. The van der Waals surface area contributed by atoms with E-state index in [0.717, 1.165) is 34.0 Å². The van der Waals surface area contributed by atoms with E-state index in [1.54, 1.807) is 14.2 Å². The number of methoxy groups -OCH3 is 2. The van der Waals surface area contributed by atoms with Crippen molar-refractivity contribution >= 4 is 16.9 Å². The van der Waals surface area contributed by atoms with Gasteiger partial charge in [0.25, 0.3) is 0 Å². The van der Waals surface area contributed by atoms with Gasteiger partial charge in [-0.25, -0.2) is 5.01 Å². The van der Waals surface area contributed by atoms with Gasteiger partial charge in [0.05, 0.1) is 31.2 Å². The maximum absolute atomic E-state index is 5.74. The van der Waals surface area contributed by atoms with Gasteiger partial charge in [-0.3, -0.25) is 0 Å². The van der Waals surface area contributed by atoms with Crippen LogP contribution in [0.1, 0.15) is 114 Å². The quantitative estimate of drug-likeness (QED) is 0.179. The van der Waals surface area contributed by atoms with E-state index in [1.807, 2.05) is 23.2 Å². The number of para-hydroxylation sites is 1. The highest BCUT2D eigenvalue weighted by Gasteiger charge is 2.21.